The van der Waals surface area contributed by atoms with Crippen molar-refractivity contribution >= 4 is 28.8 Å². The second kappa shape index (κ2) is 8.85. The van der Waals surface area contributed by atoms with Crippen molar-refractivity contribution in [2.45, 2.75) is 51.9 Å². The van der Waals surface area contributed by atoms with Crippen molar-refractivity contribution in [2.75, 3.05) is 13.2 Å². The normalized spacial score (nSPS) is 22.3. The molecule has 2 unspecified atom stereocenters. The van der Waals surface area contributed by atoms with E-state index in [-0.39, 0.29) is 23.5 Å². The Morgan fingerprint density at radius 2 is 2.13 bits per heavy atom. The second-order valence-electron chi connectivity index (χ2n) is 8.24. The number of thiophene rings is 1. The minimum Gasteiger partial charge on any atom is -0.507 e. The largest absolute Gasteiger partial charge is 0.507 e. The lowest BCUT2D eigenvalue weighted by molar-refractivity contribution is -0.140. The van der Waals surface area contributed by atoms with Gasteiger partial charge in [-0.05, 0) is 62.4 Å². The molecule has 4 rings (SSSR count). The van der Waals surface area contributed by atoms with Crippen LogP contribution in [0.25, 0.3) is 5.76 Å². The summed E-state index contributed by atoms with van der Waals surface area (Å²) in [5, 5.41) is 13.1. The van der Waals surface area contributed by atoms with Gasteiger partial charge in [-0.1, -0.05) is 6.07 Å². The van der Waals surface area contributed by atoms with Crippen LogP contribution in [0.2, 0.25) is 0 Å². The Kier molecular flexibility index (Phi) is 6.16. The molecular formula is C24H27NO5S. The molecule has 1 fully saturated rings. The first-order valence-electron chi connectivity index (χ1n) is 10.6. The molecule has 1 amide bonds. The molecule has 0 bridgehead atoms. The third-order valence-electron chi connectivity index (χ3n) is 5.52. The number of Topliss-reactive ketones (excluding diaryl/α,β-unsaturated/α-hetero) is 1. The van der Waals surface area contributed by atoms with E-state index in [1.54, 1.807) is 11.0 Å². The number of ether oxygens (including phenoxy) is 2. The molecule has 0 radical (unpaired) electrons. The molecule has 0 spiro atoms. The Morgan fingerprint density at radius 1 is 1.32 bits per heavy atom. The van der Waals surface area contributed by atoms with Crippen LogP contribution in [0.4, 0.5) is 0 Å². The predicted molar refractivity (Wildman–Crippen MR) is 119 cm³/mol. The number of nitrogens with zero attached hydrogens (tertiary/aromatic N) is 1. The molecular weight excluding hydrogens is 414 g/mol. The molecule has 0 aliphatic carbocycles. The van der Waals surface area contributed by atoms with E-state index in [0.29, 0.717) is 25.1 Å². The fourth-order valence-corrected chi connectivity index (χ4v) is 4.98. The van der Waals surface area contributed by atoms with Crippen LogP contribution < -0.4 is 4.74 Å². The number of hydrogen-bond acceptors (Lipinski definition) is 6. The molecule has 7 heteroatoms. The van der Waals surface area contributed by atoms with Gasteiger partial charge in [0.1, 0.15) is 17.6 Å². The van der Waals surface area contributed by atoms with Gasteiger partial charge in [0.05, 0.1) is 17.7 Å². The van der Waals surface area contributed by atoms with E-state index in [2.05, 4.69) is 0 Å². The van der Waals surface area contributed by atoms with Crippen molar-refractivity contribution in [3.8, 4) is 5.75 Å². The highest BCUT2D eigenvalue weighted by Gasteiger charge is 2.46. The summed E-state index contributed by atoms with van der Waals surface area (Å²) in [6.07, 6.45) is 1.54. The SMILES string of the molecule is CC(C)OCCCN1C(=O)C(=O)/C(=C(\O)c2ccc3c(c2)CC(C)O3)C1c1cccs1. The van der Waals surface area contributed by atoms with Crippen LogP contribution in [0.3, 0.4) is 0 Å². The van der Waals surface area contributed by atoms with E-state index >= 15 is 0 Å². The highest BCUT2D eigenvalue weighted by atomic mass is 32.1. The molecule has 2 aromatic rings. The highest BCUT2D eigenvalue weighted by Crippen LogP contribution is 2.42. The van der Waals surface area contributed by atoms with Gasteiger partial charge in [-0.2, -0.15) is 0 Å². The number of rotatable bonds is 7. The van der Waals surface area contributed by atoms with Crippen LogP contribution in [0.1, 0.15) is 49.2 Å². The minimum atomic E-state index is -0.647. The predicted octanol–water partition coefficient (Wildman–Crippen LogP) is 4.31. The monoisotopic (exact) mass is 441 g/mol. The van der Waals surface area contributed by atoms with Gasteiger partial charge in [-0.25, -0.2) is 0 Å². The van der Waals surface area contributed by atoms with Crippen molar-refractivity contribution < 1.29 is 24.2 Å². The summed E-state index contributed by atoms with van der Waals surface area (Å²) in [4.78, 5) is 28.3. The number of ketones is 1. The lowest BCUT2D eigenvalue weighted by Gasteiger charge is -2.24. The Bertz CT molecular complexity index is 1010. The van der Waals surface area contributed by atoms with Gasteiger partial charge in [-0.3, -0.25) is 9.59 Å². The fraction of sp³-hybridized carbons (Fsp3) is 0.417. The molecule has 2 aliphatic rings. The topological polar surface area (TPSA) is 76.1 Å². The van der Waals surface area contributed by atoms with E-state index in [0.717, 1.165) is 22.6 Å². The number of carbonyl (C=O) groups is 2. The van der Waals surface area contributed by atoms with Crippen LogP contribution in [0.5, 0.6) is 5.75 Å². The van der Waals surface area contributed by atoms with Gasteiger partial charge in [0, 0.05) is 30.0 Å². The van der Waals surface area contributed by atoms with Crippen molar-refractivity contribution in [3.05, 3.63) is 57.3 Å². The first kappa shape index (κ1) is 21.6. The summed E-state index contributed by atoms with van der Waals surface area (Å²) in [5.41, 5.74) is 1.66. The van der Waals surface area contributed by atoms with Crippen LogP contribution in [0.15, 0.2) is 41.3 Å². The molecule has 164 valence electrons. The molecule has 6 nitrogen and oxygen atoms in total. The minimum absolute atomic E-state index is 0.0807. The average molecular weight is 442 g/mol. The summed E-state index contributed by atoms with van der Waals surface area (Å²) in [7, 11) is 0. The first-order chi connectivity index (χ1) is 14.9. The summed E-state index contributed by atoms with van der Waals surface area (Å²) in [6, 6.07) is 8.58. The van der Waals surface area contributed by atoms with E-state index in [1.165, 1.54) is 11.3 Å². The molecule has 0 saturated carbocycles. The molecule has 31 heavy (non-hydrogen) atoms. The van der Waals surface area contributed by atoms with Gasteiger partial charge in [0.15, 0.2) is 0 Å². The number of fused-ring (bicyclic) bond motifs is 1. The smallest absolute Gasteiger partial charge is 0.295 e. The maximum atomic E-state index is 13.0. The molecule has 2 aliphatic heterocycles. The van der Waals surface area contributed by atoms with E-state index in [4.69, 9.17) is 9.47 Å². The Hall–Kier alpha value is -2.64. The second-order valence-corrected chi connectivity index (χ2v) is 9.22. The number of amides is 1. The summed E-state index contributed by atoms with van der Waals surface area (Å²) in [5.74, 6) is -0.571. The molecule has 2 atom stereocenters. The Balaban J connectivity index is 1.69. The van der Waals surface area contributed by atoms with Gasteiger partial charge in [0.25, 0.3) is 11.7 Å². The Labute approximate surface area is 186 Å². The first-order valence-corrected chi connectivity index (χ1v) is 11.5. The maximum absolute atomic E-state index is 13.0. The Morgan fingerprint density at radius 3 is 2.84 bits per heavy atom. The van der Waals surface area contributed by atoms with Gasteiger partial charge in [0.2, 0.25) is 0 Å². The van der Waals surface area contributed by atoms with Crippen LogP contribution in [-0.2, 0) is 20.7 Å². The fourth-order valence-electron chi connectivity index (χ4n) is 4.13. The van der Waals surface area contributed by atoms with E-state index in [9.17, 15) is 14.7 Å². The zero-order chi connectivity index (χ0) is 22.1. The van der Waals surface area contributed by atoms with Crippen molar-refractivity contribution in [2.24, 2.45) is 0 Å². The van der Waals surface area contributed by atoms with Gasteiger partial charge >= 0.3 is 0 Å². The van der Waals surface area contributed by atoms with Crippen LogP contribution in [-0.4, -0.2) is 47.1 Å². The number of benzene rings is 1. The van der Waals surface area contributed by atoms with Gasteiger partial charge < -0.3 is 19.5 Å². The van der Waals surface area contributed by atoms with Crippen LogP contribution in [0, 0.1) is 0 Å². The quantitative estimate of drug-likeness (QED) is 0.300. The third kappa shape index (κ3) is 4.25. The lowest BCUT2D eigenvalue weighted by Crippen LogP contribution is -2.31. The summed E-state index contributed by atoms with van der Waals surface area (Å²) >= 11 is 1.47. The standard InChI is InChI=1S/C24H27NO5S/c1-14(2)29-10-5-9-25-21(19-6-4-11-31-19)20(23(27)24(25)28)22(26)16-7-8-18-17(13-16)12-15(3)30-18/h4,6-8,11,13-15,21,26H,5,9-10,12H2,1-3H3/b22-20-. The average Bonchev–Trinajstić information content (AvgIpc) is 3.43. The molecule has 1 N–H and O–H groups in total. The van der Waals surface area contributed by atoms with E-state index in [1.807, 2.05) is 50.4 Å². The number of aliphatic hydroxyl groups excluding tert-OH is 1. The molecule has 3 heterocycles. The number of likely N-dealkylation sites (tertiary alicyclic amines) is 1. The maximum Gasteiger partial charge on any atom is 0.295 e. The molecule has 1 saturated heterocycles. The van der Waals surface area contributed by atoms with Crippen LogP contribution >= 0.6 is 11.3 Å². The van der Waals surface area contributed by atoms with Crippen molar-refractivity contribution in [3.63, 3.8) is 0 Å². The summed E-state index contributed by atoms with van der Waals surface area (Å²) < 4.78 is 11.3. The number of hydrogen-bond donors (Lipinski definition) is 1. The van der Waals surface area contributed by atoms with Crippen molar-refractivity contribution in [1.29, 1.82) is 0 Å². The zero-order valence-corrected chi connectivity index (χ0v) is 18.8. The van der Waals surface area contributed by atoms with Crippen molar-refractivity contribution in [1.82, 2.24) is 4.90 Å². The summed E-state index contributed by atoms with van der Waals surface area (Å²) in [6.45, 7) is 6.79. The molecule has 1 aromatic carbocycles. The number of carbonyl (C=O) groups excluding carboxylic acids is 2. The van der Waals surface area contributed by atoms with Gasteiger partial charge in [-0.15, -0.1) is 11.3 Å². The number of aliphatic hydroxyl groups is 1. The molecule has 1 aromatic heterocycles. The third-order valence-corrected chi connectivity index (χ3v) is 6.44. The zero-order valence-electron chi connectivity index (χ0n) is 18.0. The lowest BCUT2D eigenvalue weighted by atomic mass is 9.98. The highest BCUT2D eigenvalue weighted by molar-refractivity contribution is 7.10. The van der Waals surface area contributed by atoms with E-state index < -0.39 is 17.7 Å².